The molecule has 0 atom stereocenters. The number of fused-ring (bicyclic) bond motifs is 3. The highest BCUT2D eigenvalue weighted by Crippen LogP contribution is 2.29. The first kappa shape index (κ1) is 17.6. The van der Waals surface area contributed by atoms with Crippen LogP contribution in [0.15, 0.2) is 45.6 Å². The monoisotopic (exact) mass is 384 g/mol. The molecule has 0 aliphatic heterocycles. The molecule has 0 amide bonds. The summed E-state index contributed by atoms with van der Waals surface area (Å²) in [5.74, 6) is 0.295. The van der Waals surface area contributed by atoms with Crippen LogP contribution < -0.4 is 15.1 Å². The van der Waals surface area contributed by atoms with Crippen molar-refractivity contribution >= 4 is 28.5 Å². The third kappa shape index (κ3) is 3.55. The Labute approximate surface area is 160 Å². The Morgan fingerprint density at radius 3 is 2.70 bits per heavy atom. The summed E-state index contributed by atoms with van der Waals surface area (Å²) < 4.78 is 16.1. The van der Waals surface area contributed by atoms with E-state index in [9.17, 15) is 9.59 Å². The van der Waals surface area contributed by atoms with Crippen LogP contribution >= 0.6 is 11.6 Å². The van der Waals surface area contributed by atoms with Crippen LogP contribution in [0.4, 0.5) is 0 Å². The number of esters is 1. The molecule has 0 fully saturated rings. The van der Waals surface area contributed by atoms with Gasteiger partial charge in [-0.2, -0.15) is 0 Å². The molecule has 0 saturated heterocycles. The van der Waals surface area contributed by atoms with Crippen LogP contribution in [0.5, 0.6) is 11.5 Å². The maximum absolute atomic E-state index is 12.1. The Kier molecular flexibility index (Phi) is 4.62. The van der Waals surface area contributed by atoms with Crippen molar-refractivity contribution in [3.8, 4) is 11.5 Å². The number of hydrogen-bond donors (Lipinski definition) is 0. The smallest absolute Gasteiger partial charge is 0.349 e. The first-order valence-corrected chi connectivity index (χ1v) is 9.07. The molecule has 27 heavy (non-hydrogen) atoms. The van der Waals surface area contributed by atoms with Crippen LogP contribution in [0.1, 0.15) is 23.1 Å². The SMILES string of the molecule is Cc1cc(OCC(=O)Oc2ccc3c4c(c(=O)oc3c2)CCC4)ccc1Cl. The first-order valence-electron chi connectivity index (χ1n) is 8.69. The maximum atomic E-state index is 12.1. The summed E-state index contributed by atoms with van der Waals surface area (Å²) in [6.07, 6.45) is 2.58. The van der Waals surface area contributed by atoms with Crippen molar-refractivity contribution in [1.82, 2.24) is 0 Å². The van der Waals surface area contributed by atoms with Gasteiger partial charge in [0.2, 0.25) is 0 Å². The highest BCUT2D eigenvalue weighted by molar-refractivity contribution is 6.31. The summed E-state index contributed by atoms with van der Waals surface area (Å²) in [5, 5.41) is 1.53. The van der Waals surface area contributed by atoms with Gasteiger partial charge >= 0.3 is 11.6 Å². The summed E-state index contributed by atoms with van der Waals surface area (Å²) in [6.45, 7) is 1.61. The number of carbonyl (C=O) groups excluding carboxylic acids is 1. The lowest BCUT2D eigenvalue weighted by molar-refractivity contribution is -0.136. The van der Waals surface area contributed by atoms with Gasteiger partial charge in [-0.05, 0) is 67.6 Å². The summed E-state index contributed by atoms with van der Waals surface area (Å²) in [7, 11) is 0. The van der Waals surface area contributed by atoms with Crippen molar-refractivity contribution in [3.05, 3.63) is 68.5 Å². The fourth-order valence-corrected chi connectivity index (χ4v) is 3.46. The minimum atomic E-state index is -0.550. The zero-order chi connectivity index (χ0) is 19.0. The van der Waals surface area contributed by atoms with Crippen molar-refractivity contribution in [3.63, 3.8) is 0 Å². The van der Waals surface area contributed by atoms with E-state index in [0.717, 1.165) is 41.3 Å². The Balaban J connectivity index is 1.48. The molecule has 0 unspecified atom stereocenters. The standard InChI is InChI=1S/C21H17ClO5/c1-12-9-13(6-8-18(12)22)25-11-20(23)26-14-5-7-16-15-3-2-4-17(15)21(24)27-19(16)10-14/h5-10H,2-4,11H2,1H3. The second kappa shape index (κ2) is 7.08. The molecule has 0 saturated carbocycles. The van der Waals surface area contributed by atoms with E-state index in [1.54, 1.807) is 30.3 Å². The summed E-state index contributed by atoms with van der Waals surface area (Å²) in [6, 6.07) is 10.2. The largest absolute Gasteiger partial charge is 0.482 e. The van der Waals surface area contributed by atoms with Gasteiger partial charge in [-0.3, -0.25) is 0 Å². The molecular formula is C21H17ClO5. The number of aryl methyl sites for hydroxylation is 2. The number of rotatable bonds is 4. The maximum Gasteiger partial charge on any atom is 0.349 e. The van der Waals surface area contributed by atoms with Gasteiger partial charge in [0, 0.05) is 22.0 Å². The number of benzene rings is 2. The van der Waals surface area contributed by atoms with E-state index >= 15 is 0 Å². The molecule has 1 aliphatic carbocycles. The van der Waals surface area contributed by atoms with Crippen molar-refractivity contribution < 1.29 is 18.7 Å². The molecule has 138 valence electrons. The highest BCUT2D eigenvalue weighted by Gasteiger charge is 2.20. The number of halogens is 1. The summed E-state index contributed by atoms with van der Waals surface area (Å²) in [5.41, 5.74) is 2.79. The fourth-order valence-electron chi connectivity index (χ4n) is 3.34. The van der Waals surface area contributed by atoms with E-state index in [1.807, 2.05) is 13.0 Å². The molecule has 0 radical (unpaired) electrons. The fraction of sp³-hybridized carbons (Fsp3) is 0.238. The van der Waals surface area contributed by atoms with Crippen LogP contribution in [0.2, 0.25) is 5.02 Å². The van der Waals surface area contributed by atoms with E-state index in [2.05, 4.69) is 0 Å². The van der Waals surface area contributed by atoms with Gasteiger partial charge < -0.3 is 13.9 Å². The van der Waals surface area contributed by atoms with Crippen molar-refractivity contribution in [2.24, 2.45) is 0 Å². The highest BCUT2D eigenvalue weighted by atomic mass is 35.5. The molecule has 6 heteroatoms. The lowest BCUT2D eigenvalue weighted by atomic mass is 10.1. The quantitative estimate of drug-likeness (QED) is 0.382. The minimum absolute atomic E-state index is 0.243. The minimum Gasteiger partial charge on any atom is -0.482 e. The summed E-state index contributed by atoms with van der Waals surface area (Å²) >= 11 is 5.97. The molecule has 1 heterocycles. The molecule has 1 aromatic heterocycles. The molecule has 1 aliphatic rings. The van der Waals surface area contributed by atoms with Crippen LogP contribution in [0.3, 0.4) is 0 Å². The normalized spacial score (nSPS) is 12.8. The third-order valence-corrected chi connectivity index (χ3v) is 5.09. The zero-order valence-corrected chi connectivity index (χ0v) is 15.5. The lowest BCUT2D eigenvalue weighted by Gasteiger charge is -2.09. The molecular weight excluding hydrogens is 368 g/mol. The molecule has 0 N–H and O–H groups in total. The third-order valence-electron chi connectivity index (χ3n) is 4.66. The van der Waals surface area contributed by atoms with E-state index in [-0.39, 0.29) is 12.2 Å². The van der Waals surface area contributed by atoms with Gasteiger partial charge in [-0.1, -0.05) is 11.6 Å². The topological polar surface area (TPSA) is 65.7 Å². The van der Waals surface area contributed by atoms with Crippen LogP contribution in [0.25, 0.3) is 11.0 Å². The number of carbonyl (C=O) groups is 1. The molecule has 3 aromatic rings. The average Bonchev–Trinajstić information content (AvgIpc) is 3.13. The van der Waals surface area contributed by atoms with Gasteiger partial charge in [-0.15, -0.1) is 0 Å². The van der Waals surface area contributed by atoms with Gasteiger partial charge in [0.1, 0.15) is 17.1 Å². The Morgan fingerprint density at radius 2 is 1.89 bits per heavy atom. The Bertz CT molecular complexity index is 1100. The second-order valence-electron chi connectivity index (χ2n) is 6.53. The molecule has 0 bridgehead atoms. The van der Waals surface area contributed by atoms with Gasteiger partial charge in [0.25, 0.3) is 0 Å². The van der Waals surface area contributed by atoms with Crippen molar-refractivity contribution in [1.29, 1.82) is 0 Å². The zero-order valence-electron chi connectivity index (χ0n) is 14.7. The van der Waals surface area contributed by atoms with E-state index < -0.39 is 5.97 Å². The predicted molar refractivity (Wildman–Crippen MR) is 102 cm³/mol. The van der Waals surface area contributed by atoms with Crippen LogP contribution in [0, 0.1) is 6.92 Å². The molecule has 4 rings (SSSR count). The van der Waals surface area contributed by atoms with Crippen molar-refractivity contribution in [2.75, 3.05) is 6.61 Å². The van der Waals surface area contributed by atoms with Gasteiger partial charge in [0.05, 0.1) is 0 Å². The van der Waals surface area contributed by atoms with E-state index in [1.165, 1.54) is 0 Å². The van der Waals surface area contributed by atoms with E-state index in [4.69, 9.17) is 25.5 Å². The van der Waals surface area contributed by atoms with E-state index in [0.29, 0.717) is 22.1 Å². The number of ether oxygens (including phenoxy) is 2. The Morgan fingerprint density at radius 1 is 1.11 bits per heavy atom. The van der Waals surface area contributed by atoms with Crippen LogP contribution in [-0.2, 0) is 17.6 Å². The van der Waals surface area contributed by atoms with Gasteiger partial charge in [0.15, 0.2) is 6.61 Å². The molecule has 2 aromatic carbocycles. The second-order valence-corrected chi connectivity index (χ2v) is 6.94. The van der Waals surface area contributed by atoms with Gasteiger partial charge in [-0.25, -0.2) is 9.59 Å². The van der Waals surface area contributed by atoms with Crippen molar-refractivity contribution in [2.45, 2.75) is 26.2 Å². The lowest BCUT2D eigenvalue weighted by Crippen LogP contribution is -2.17. The average molecular weight is 385 g/mol. The number of hydrogen-bond acceptors (Lipinski definition) is 5. The Hall–Kier alpha value is -2.79. The summed E-state index contributed by atoms with van der Waals surface area (Å²) in [4.78, 5) is 24.1. The first-order chi connectivity index (χ1) is 13.0. The molecule has 5 nitrogen and oxygen atoms in total. The van der Waals surface area contributed by atoms with Crippen LogP contribution in [-0.4, -0.2) is 12.6 Å². The molecule has 0 spiro atoms. The predicted octanol–water partition coefficient (Wildman–Crippen LogP) is 4.23.